The van der Waals surface area contributed by atoms with Crippen LogP contribution in [0.3, 0.4) is 0 Å². The summed E-state index contributed by atoms with van der Waals surface area (Å²) in [6.07, 6.45) is 8.98. The highest BCUT2D eigenvalue weighted by molar-refractivity contribution is 7.19. The molecule has 3 aliphatic heterocycles. The van der Waals surface area contributed by atoms with E-state index in [1.165, 1.54) is 23.3 Å². The summed E-state index contributed by atoms with van der Waals surface area (Å²) in [5, 5.41) is 24.2. The summed E-state index contributed by atoms with van der Waals surface area (Å²) < 4.78 is 12.3. The van der Waals surface area contributed by atoms with Gasteiger partial charge in [0.05, 0.1) is 12.7 Å². The summed E-state index contributed by atoms with van der Waals surface area (Å²) in [6.45, 7) is 5.24. The summed E-state index contributed by atoms with van der Waals surface area (Å²) in [4.78, 5) is 17.8. The van der Waals surface area contributed by atoms with Crippen LogP contribution in [0.2, 0.25) is 0 Å². The molecule has 11 nitrogen and oxygen atoms in total. The van der Waals surface area contributed by atoms with Gasteiger partial charge >= 0.3 is 0 Å². The summed E-state index contributed by atoms with van der Waals surface area (Å²) in [6, 6.07) is 12.6. The van der Waals surface area contributed by atoms with Gasteiger partial charge in [-0.2, -0.15) is 5.10 Å². The van der Waals surface area contributed by atoms with Crippen molar-refractivity contribution in [2.24, 2.45) is 5.41 Å². The Balaban J connectivity index is 0.869. The van der Waals surface area contributed by atoms with E-state index in [9.17, 15) is 4.79 Å². The first kappa shape index (κ1) is 27.5. The Kier molecular flexibility index (Phi) is 7.92. The monoisotopic (exact) mass is 590 g/mol. The van der Waals surface area contributed by atoms with Gasteiger partial charge in [-0.05, 0) is 81.6 Å². The van der Waals surface area contributed by atoms with E-state index in [1.807, 2.05) is 12.1 Å². The molecule has 1 amide bonds. The van der Waals surface area contributed by atoms with Gasteiger partial charge in [-0.25, -0.2) is 0 Å². The van der Waals surface area contributed by atoms with Crippen molar-refractivity contribution in [3.8, 4) is 5.75 Å². The first-order valence-electron chi connectivity index (χ1n) is 15.1. The number of carbonyl (C=O) groups excluding carboxylic acids is 1. The molecule has 7 rings (SSSR count). The lowest BCUT2D eigenvalue weighted by atomic mass is 9.76. The van der Waals surface area contributed by atoms with Crippen LogP contribution < -0.4 is 20.3 Å². The topological polar surface area (TPSA) is 118 Å². The average Bonchev–Trinajstić information content (AvgIpc) is 3.75. The van der Waals surface area contributed by atoms with Crippen molar-refractivity contribution < 1.29 is 14.3 Å². The quantitative estimate of drug-likeness (QED) is 0.379. The molecule has 1 unspecified atom stereocenters. The minimum absolute atomic E-state index is 0.0613. The lowest BCUT2D eigenvalue weighted by molar-refractivity contribution is -0.124. The molecular formula is C30H38N8O3S. The van der Waals surface area contributed by atoms with Gasteiger partial charge in [-0.1, -0.05) is 29.5 Å². The number of ether oxygens (including phenoxy) is 2. The fourth-order valence-electron chi connectivity index (χ4n) is 6.39. The number of hydrogen-bond donors (Lipinski definition) is 2. The lowest BCUT2D eigenvalue weighted by Gasteiger charge is -2.38. The zero-order valence-corrected chi connectivity index (χ0v) is 24.6. The molecule has 3 aromatic rings. The zero-order valence-electron chi connectivity index (χ0n) is 23.8. The van der Waals surface area contributed by atoms with Gasteiger partial charge in [0, 0.05) is 37.4 Å². The Labute approximate surface area is 250 Å². The number of anilines is 3. The Morgan fingerprint density at radius 1 is 1.05 bits per heavy atom. The smallest absolute Gasteiger partial charge is 0.255 e. The molecule has 1 aliphatic carbocycles. The Bertz CT molecular complexity index is 1360. The van der Waals surface area contributed by atoms with E-state index in [1.54, 1.807) is 6.20 Å². The van der Waals surface area contributed by atoms with E-state index in [0.717, 1.165) is 82.8 Å². The van der Waals surface area contributed by atoms with Crippen LogP contribution in [-0.4, -0.2) is 82.2 Å². The van der Waals surface area contributed by atoms with Crippen molar-refractivity contribution in [3.63, 3.8) is 0 Å². The van der Waals surface area contributed by atoms with Crippen molar-refractivity contribution in [1.29, 1.82) is 0 Å². The summed E-state index contributed by atoms with van der Waals surface area (Å²) in [5.41, 5.74) is 1.33. The Morgan fingerprint density at radius 2 is 1.90 bits per heavy atom. The molecule has 2 atom stereocenters. The highest BCUT2D eigenvalue weighted by Gasteiger charge is 2.45. The number of aromatic nitrogens is 4. The van der Waals surface area contributed by atoms with Gasteiger partial charge in [0.1, 0.15) is 11.9 Å². The van der Waals surface area contributed by atoms with Crippen molar-refractivity contribution in [3.05, 3.63) is 48.2 Å². The number of rotatable bonds is 9. The van der Waals surface area contributed by atoms with E-state index in [-0.39, 0.29) is 17.4 Å². The summed E-state index contributed by atoms with van der Waals surface area (Å²) >= 11 is 1.36. The maximum Gasteiger partial charge on any atom is 0.255 e. The molecule has 1 saturated carbocycles. The highest BCUT2D eigenvalue weighted by atomic mass is 32.1. The first-order chi connectivity index (χ1) is 20.6. The van der Waals surface area contributed by atoms with Gasteiger partial charge in [0.2, 0.25) is 10.3 Å². The second-order valence-electron chi connectivity index (χ2n) is 12.1. The number of piperidine rings is 1. The molecule has 5 heterocycles. The molecule has 1 spiro atoms. The first-order valence-corrected chi connectivity index (χ1v) is 15.9. The average molecular weight is 591 g/mol. The van der Waals surface area contributed by atoms with E-state index in [2.05, 4.69) is 65.1 Å². The molecule has 0 bridgehead atoms. The normalized spacial score (nSPS) is 24.0. The molecule has 2 N–H and O–H groups in total. The molecule has 4 aliphatic rings. The summed E-state index contributed by atoms with van der Waals surface area (Å²) in [5.74, 6) is 1.78. The van der Waals surface area contributed by atoms with E-state index < -0.39 is 6.10 Å². The number of benzene rings is 1. The molecule has 4 fully saturated rings. The minimum atomic E-state index is -0.455. The van der Waals surface area contributed by atoms with Gasteiger partial charge in [-0.15, -0.1) is 15.3 Å². The Morgan fingerprint density at radius 3 is 2.71 bits per heavy atom. The number of likely N-dealkylation sites (tertiary alicyclic amines) is 1. The lowest BCUT2D eigenvalue weighted by Crippen LogP contribution is -2.40. The van der Waals surface area contributed by atoms with Crippen LogP contribution >= 0.6 is 11.3 Å². The fourth-order valence-corrected chi connectivity index (χ4v) is 7.11. The molecule has 42 heavy (non-hydrogen) atoms. The maximum atomic E-state index is 13.1. The number of carbonyl (C=O) groups is 1. The number of nitrogens with one attached hydrogen (secondary N) is 2. The molecule has 1 aromatic carbocycles. The molecular weight excluding hydrogens is 552 g/mol. The standard InChI is InChI=1S/C30H38N8O3S/c39-27(33-29-36-35-28(42-29)32-22-10-14-38(19-22)26-9-4-13-31-34-26)25-17-30(20-40-25)11-15-37(16-12-30)18-21-5-1-2-8-24(21)41-23-6-3-7-23/h1-2,4-5,8-9,13,22-23,25H,3,6-7,10-12,14-20H2,(H,32,35)(H,33,36,39)/t22-,25?/m1/s1. The predicted molar refractivity (Wildman–Crippen MR) is 161 cm³/mol. The van der Waals surface area contributed by atoms with E-state index >= 15 is 0 Å². The fraction of sp³-hybridized carbons (Fsp3) is 0.567. The number of hydrogen-bond acceptors (Lipinski definition) is 11. The zero-order chi connectivity index (χ0) is 28.4. The predicted octanol–water partition coefficient (Wildman–Crippen LogP) is 3.96. The second kappa shape index (κ2) is 12.1. The van der Waals surface area contributed by atoms with Crippen LogP contribution in [0.5, 0.6) is 5.75 Å². The molecule has 222 valence electrons. The van der Waals surface area contributed by atoms with E-state index in [0.29, 0.717) is 23.0 Å². The van der Waals surface area contributed by atoms with Crippen molar-refractivity contribution in [2.45, 2.75) is 69.7 Å². The maximum absolute atomic E-state index is 13.1. The number of para-hydroxylation sites is 1. The molecule has 12 heteroatoms. The second-order valence-corrected chi connectivity index (χ2v) is 13.1. The van der Waals surface area contributed by atoms with Crippen molar-refractivity contribution in [2.75, 3.05) is 48.3 Å². The third-order valence-electron chi connectivity index (χ3n) is 9.18. The van der Waals surface area contributed by atoms with Gasteiger partial charge in [0.15, 0.2) is 5.82 Å². The SMILES string of the molecule is O=C(Nc1nnc(N[C@@H]2CCN(c3cccnn3)C2)s1)C1CC2(CCN(Cc3ccccc3OC3CCC3)CC2)CO1. The van der Waals surface area contributed by atoms with E-state index in [4.69, 9.17) is 9.47 Å². The summed E-state index contributed by atoms with van der Waals surface area (Å²) in [7, 11) is 0. The van der Waals surface area contributed by atoms with Crippen LogP contribution in [-0.2, 0) is 16.1 Å². The molecule has 0 radical (unpaired) electrons. The van der Waals surface area contributed by atoms with Crippen LogP contribution in [0.25, 0.3) is 0 Å². The number of amides is 1. The molecule has 2 aromatic heterocycles. The Hall–Kier alpha value is -3.35. The third-order valence-corrected chi connectivity index (χ3v) is 9.95. The number of nitrogens with zero attached hydrogens (tertiary/aromatic N) is 6. The van der Waals surface area contributed by atoms with Crippen LogP contribution in [0, 0.1) is 5.41 Å². The van der Waals surface area contributed by atoms with Crippen molar-refractivity contribution >= 4 is 33.3 Å². The largest absolute Gasteiger partial charge is 0.490 e. The van der Waals surface area contributed by atoms with Crippen LogP contribution in [0.1, 0.15) is 50.5 Å². The molecule has 3 saturated heterocycles. The van der Waals surface area contributed by atoms with Gasteiger partial charge in [0.25, 0.3) is 5.91 Å². The third kappa shape index (κ3) is 6.20. The van der Waals surface area contributed by atoms with Gasteiger partial charge < -0.3 is 19.7 Å². The van der Waals surface area contributed by atoms with Crippen molar-refractivity contribution in [1.82, 2.24) is 25.3 Å². The van der Waals surface area contributed by atoms with Gasteiger partial charge in [-0.3, -0.25) is 15.0 Å². The van der Waals surface area contributed by atoms with Crippen LogP contribution in [0.4, 0.5) is 16.1 Å². The van der Waals surface area contributed by atoms with Crippen LogP contribution in [0.15, 0.2) is 42.6 Å². The minimum Gasteiger partial charge on any atom is -0.490 e. The highest BCUT2D eigenvalue weighted by Crippen LogP contribution is 2.43.